The largest absolute Gasteiger partial charge is 0.496 e. The van der Waals surface area contributed by atoms with Crippen molar-refractivity contribution in [3.63, 3.8) is 0 Å². The molecule has 0 atom stereocenters. The smallest absolute Gasteiger partial charge is 0.133 e. The van der Waals surface area contributed by atoms with E-state index in [0.29, 0.717) is 15.1 Å². The summed E-state index contributed by atoms with van der Waals surface area (Å²) in [4.78, 5) is 0. The van der Waals surface area contributed by atoms with Gasteiger partial charge in [-0.2, -0.15) is 5.10 Å². The molecule has 0 unspecified atom stereocenters. The standard InChI is InChI=1S/C18H14Cl3N3O/c1-25-15-6-5-10(19)9-12(15)17-11-7-8-22-18(11)24(23-17)14-4-2-3-13(20)16(14)21/h2-6,9,22H,7-8H2,1H3. The van der Waals surface area contributed by atoms with Gasteiger partial charge in [-0.05, 0) is 36.8 Å². The molecule has 0 aliphatic carbocycles. The van der Waals surface area contributed by atoms with E-state index in [4.69, 9.17) is 44.6 Å². The van der Waals surface area contributed by atoms with E-state index in [0.717, 1.165) is 47.0 Å². The Kier molecular flexibility index (Phi) is 4.28. The molecule has 0 spiro atoms. The summed E-state index contributed by atoms with van der Waals surface area (Å²) < 4.78 is 7.29. The number of methoxy groups -OCH3 is 1. The van der Waals surface area contributed by atoms with Gasteiger partial charge in [0.2, 0.25) is 0 Å². The third-order valence-corrected chi connectivity index (χ3v) is 5.27. The molecule has 0 amide bonds. The van der Waals surface area contributed by atoms with Gasteiger partial charge in [-0.15, -0.1) is 0 Å². The van der Waals surface area contributed by atoms with Crippen molar-refractivity contribution < 1.29 is 4.74 Å². The maximum absolute atomic E-state index is 6.40. The van der Waals surface area contributed by atoms with Crippen molar-refractivity contribution in [3.05, 3.63) is 57.0 Å². The Morgan fingerprint density at radius 3 is 2.80 bits per heavy atom. The zero-order valence-electron chi connectivity index (χ0n) is 13.3. The highest BCUT2D eigenvalue weighted by molar-refractivity contribution is 6.43. The van der Waals surface area contributed by atoms with Crippen LogP contribution in [0.25, 0.3) is 16.9 Å². The van der Waals surface area contributed by atoms with Gasteiger partial charge in [0, 0.05) is 22.7 Å². The monoisotopic (exact) mass is 393 g/mol. The topological polar surface area (TPSA) is 39.1 Å². The fourth-order valence-corrected chi connectivity index (χ4v) is 3.63. The van der Waals surface area contributed by atoms with Crippen LogP contribution in [0, 0.1) is 0 Å². The molecule has 3 aromatic rings. The minimum absolute atomic E-state index is 0.466. The van der Waals surface area contributed by atoms with Crippen LogP contribution < -0.4 is 10.1 Å². The molecule has 2 heterocycles. The Balaban J connectivity index is 1.96. The number of benzene rings is 2. The molecule has 0 saturated heterocycles. The number of anilines is 1. The summed E-state index contributed by atoms with van der Waals surface area (Å²) in [6, 6.07) is 11.0. The van der Waals surface area contributed by atoms with Gasteiger partial charge in [0.05, 0.1) is 22.8 Å². The van der Waals surface area contributed by atoms with E-state index < -0.39 is 0 Å². The van der Waals surface area contributed by atoms with Crippen LogP contribution in [0.3, 0.4) is 0 Å². The lowest BCUT2D eigenvalue weighted by atomic mass is 10.1. The Hall–Kier alpha value is -1.88. The van der Waals surface area contributed by atoms with E-state index in [-0.39, 0.29) is 0 Å². The van der Waals surface area contributed by atoms with Gasteiger partial charge in [0.1, 0.15) is 17.3 Å². The predicted octanol–water partition coefficient (Wildman–Crippen LogP) is 5.48. The minimum Gasteiger partial charge on any atom is -0.496 e. The summed E-state index contributed by atoms with van der Waals surface area (Å²) in [7, 11) is 1.63. The van der Waals surface area contributed by atoms with Crippen LogP contribution in [0.2, 0.25) is 15.1 Å². The number of ether oxygens (including phenoxy) is 1. The summed E-state index contributed by atoms with van der Waals surface area (Å²) in [5.41, 5.74) is 3.52. The Morgan fingerprint density at radius 1 is 1.16 bits per heavy atom. The van der Waals surface area contributed by atoms with Crippen LogP contribution in [0.5, 0.6) is 5.75 Å². The van der Waals surface area contributed by atoms with Gasteiger partial charge >= 0.3 is 0 Å². The molecule has 0 radical (unpaired) electrons. The van der Waals surface area contributed by atoms with E-state index in [1.807, 2.05) is 24.3 Å². The summed E-state index contributed by atoms with van der Waals surface area (Å²) in [6.07, 6.45) is 0.860. The van der Waals surface area contributed by atoms with Gasteiger partial charge in [-0.25, -0.2) is 4.68 Å². The first kappa shape index (κ1) is 16.6. The molecule has 4 rings (SSSR count). The van der Waals surface area contributed by atoms with Gasteiger partial charge in [-0.1, -0.05) is 40.9 Å². The molecule has 7 heteroatoms. The van der Waals surface area contributed by atoms with E-state index in [1.54, 1.807) is 23.9 Å². The molecule has 4 nitrogen and oxygen atoms in total. The molecular weight excluding hydrogens is 381 g/mol. The first-order chi connectivity index (χ1) is 12.1. The molecule has 2 aromatic carbocycles. The number of fused-ring (bicyclic) bond motifs is 1. The summed E-state index contributed by atoms with van der Waals surface area (Å²) in [5.74, 6) is 1.64. The predicted molar refractivity (Wildman–Crippen MR) is 103 cm³/mol. The van der Waals surface area contributed by atoms with E-state index in [2.05, 4.69) is 5.32 Å². The quantitative estimate of drug-likeness (QED) is 0.639. The molecule has 128 valence electrons. The molecule has 0 fully saturated rings. The highest BCUT2D eigenvalue weighted by Gasteiger charge is 2.26. The average Bonchev–Trinajstić information content (AvgIpc) is 3.20. The minimum atomic E-state index is 0.466. The van der Waals surface area contributed by atoms with Crippen LogP contribution >= 0.6 is 34.8 Å². The highest BCUT2D eigenvalue weighted by Crippen LogP contribution is 2.41. The zero-order chi connectivity index (χ0) is 17.6. The molecule has 25 heavy (non-hydrogen) atoms. The second-order valence-corrected chi connectivity index (χ2v) is 6.90. The molecular formula is C18H14Cl3N3O. The van der Waals surface area contributed by atoms with E-state index in [9.17, 15) is 0 Å². The molecule has 1 aliphatic rings. The van der Waals surface area contributed by atoms with E-state index >= 15 is 0 Å². The van der Waals surface area contributed by atoms with Crippen LogP contribution in [-0.2, 0) is 6.42 Å². The number of hydrogen-bond acceptors (Lipinski definition) is 3. The van der Waals surface area contributed by atoms with Crippen LogP contribution in [0.4, 0.5) is 5.82 Å². The number of nitrogens with one attached hydrogen (secondary N) is 1. The van der Waals surface area contributed by atoms with Gasteiger partial charge < -0.3 is 10.1 Å². The van der Waals surface area contributed by atoms with Crippen molar-refractivity contribution in [2.24, 2.45) is 0 Å². The van der Waals surface area contributed by atoms with Crippen LogP contribution in [0.15, 0.2) is 36.4 Å². The lowest BCUT2D eigenvalue weighted by molar-refractivity contribution is 0.416. The third-order valence-electron chi connectivity index (χ3n) is 4.23. The van der Waals surface area contributed by atoms with Gasteiger partial charge in [-0.3, -0.25) is 0 Å². The number of rotatable bonds is 3. The number of halogens is 3. The highest BCUT2D eigenvalue weighted by atomic mass is 35.5. The van der Waals surface area contributed by atoms with Crippen LogP contribution in [-0.4, -0.2) is 23.4 Å². The normalized spacial score (nSPS) is 12.8. The first-order valence-electron chi connectivity index (χ1n) is 7.74. The maximum atomic E-state index is 6.40. The first-order valence-corrected chi connectivity index (χ1v) is 8.87. The molecule has 1 aromatic heterocycles. The van der Waals surface area contributed by atoms with E-state index in [1.165, 1.54) is 0 Å². The Labute approximate surface area is 160 Å². The van der Waals surface area contributed by atoms with Crippen molar-refractivity contribution in [1.82, 2.24) is 9.78 Å². The summed E-state index contributed by atoms with van der Waals surface area (Å²) >= 11 is 18.8. The van der Waals surface area contributed by atoms with Crippen molar-refractivity contribution >= 4 is 40.6 Å². The molecule has 0 bridgehead atoms. The van der Waals surface area contributed by atoms with Crippen molar-refractivity contribution in [1.29, 1.82) is 0 Å². The van der Waals surface area contributed by atoms with Crippen molar-refractivity contribution in [2.75, 3.05) is 19.0 Å². The number of hydrogen-bond donors (Lipinski definition) is 1. The summed E-state index contributed by atoms with van der Waals surface area (Å²) in [5, 5.41) is 9.76. The number of nitrogens with zero attached hydrogens (tertiary/aromatic N) is 2. The lowest BCUT2D eigenvalue weighted by Gasteiger charge is -2.10. The second kappa shape index (κ2) is 6.45. The molecule has 1 N–H and O–H groups in total. The Bertz CT molecular complexity index is 968. The fraction of sp³-hybridized carbons (Fsp3) is 0.167. The van der Waals surface area contributed by atoms with Crippen molar-refractivity contribution in [2.45, 2.75) is 6.42 Å². The zero-order valence-corrected chi connectivity index (χ0v) is 15.6. The Morgan fingerprint density at radius 2 is 2.00 bits per heavy atom. The van der Waals surface area contributed by atoms with Gasteiger partial charge in [0.15, 0.2) is 0 Å². The van der Waals surface area contributed by atoms with Crippen LogP contribution in [0.1, 0.15) is 5.56 Å². The second-order valence-electron chi connectivity index (χ2n) is 5.68. The van der Waals surface area contributed by atoms with Gasteiger partial charge in [0.25, 0.3) is 0 Å². The third kappa shape index (κ3) is 2.74. The average molecular weight is 395 g/mol. The maximum Gasteiger partial charge on any atom is 0.133 e. The SMILES string of the molecule is COc1ccc(Cl)cc1-c1nn(-c2cccc(Cl)c2Cl)c2c1CCN2. The molecule has 0 saturated carbocycles. The fourth-order valence-electron chi connectivity index (χ4n) is 3.09. The van der Waals surface area contributed by atoms with Crippen molar-refractivity contribution in [3.8, 4) is 22.7 Å². The molecule has 1 aliphatic heterocycles. The number of aromatic nitrogens is 2. The summed E-state index contributed by atoms with van der Waals surface area (Å²) in [6.45, 7) is 0.835. The lowest BCUT2D eigenvalue weighted by Crippen LogP contribution is -2.05.